The van der Waals surface area contributed by atoms with Crippen LogP contribution in [0.1, 0.15) is 22.8 Å². The predicted octanol–water partition coefficient (Wildman–Crippen LogP) is 2.13. The molecule has 2 aromatic rings. The summed E-state index contributed by atoms with van der Waals surface area (Å²) < 4.78 is 5.32. The van der Waals surface area contributed by atoms with Crippen LogP contribution in [0.25, 0.3) is 0 Å². The molecular formula is C17H17N3O5. The molecule has 0 radical (unpaired) electrons. The summed E-state index contributed by atoms with van der Waals surface area (Å²) in [5.41, 5.74) is 5.57. The minimum Gasteiger partial charge on any atom is -0.474 e. The second-order valence-corrected chi connectivity index (χ2v) is 5.30. The van der Waals surface area contributed by atoms with Gasteiger partial charge in [-0.05, 0) is 32.0 Å². The Morgan fingerprint density at radius 3 is 2.52 bits per heavy atom. The Kier molecular flexibility index (Phi) is 5.67. The summed E-state index contributed by atoms with van der Waals surface area (Å²) in [6.07, 6.45) is -1.04. The molecule has 0 aromatic heterocycles. The highest BCUT2D eigenvalue weighted by Gasteiger charge is 2.21. The van der Waals surface area contributed by atoms with Crippen LogP contribution in [-0.4, -0.2) is 22.8 Å². The number of nitrogens with zero attached hydrogens (tertiary/aromatic N) is 1. The SMILES string of the molecule is Cc1cccc(C(=O)NNC(=O)C(C)Oc2ccccc2[N+](=O)[O-])c1. The predicted molar refractivity (Wildman–Crippen MR) is 90.0 cm³/mol. The number of hydrogen-bond donors (Lipinski definition) is 2. The van der Waals surface area contributed by atoms with E-state index in [-0.39, 0.29) is 11.4 Å². The van der Waals surface area contributed by atoms with E-state index in [1.165, 1.54) is 25.1 Å². The molecule has 25 heavy (non-hydrogen) atoms. The Balaban J connectivity index is 1.95. The lowest BCUT2D eigenvalue weighted by molar-refractivity contribution is -0.386. The average Bonchev–Trinajstić information content (AvgIpc) is 2.59. The Labute approximate surface area is 143 Å². The zero-order valence-corrected chi connectivity index (χ0v) is 13.7. The fourth-order valence-corrected chi connectivity index (χ4v) is 2.03. The molecule has 1 unspecified atom stereocenters. The molecule has 0 aliphatic carbocycles. The first-order valence-electron chi connectivity index (χ1n) is 7.45. The number of carbonyl (C=O) groups excluding carboxylic acids is 2. The first kappa shape index (κ1) is 17.9. The van der Waals surface area contributed by atoms with Gasteiger partial charge in [-0.25, -0.2) is 0 Å². The van der Waals surface area contributed by atoms with Gasteiger partial charge in [0.1, 0.15) is 0 Å². The van der Waals surface area contributed by atoms with Crippen LogP contribution in [-0.2, 0) is 4.79 Å². The summed E-state index contributed by atoms with van der Waals surface area (Å²) >= 11 is 0. The number of nitrogens with one attached hydrogen (secondary N) is 2. The smallest absolute Gasteiger partial charge is 0.310 e. The summed E-state index contributed by atoms with van der Waals surface area (Å²) in [5.74, 6) is -1.14. The van der Waals surface area contributed by atoms with Crippen molar-refractivity contribution in [2.45, 2.75) is 20.0 Å². The lowest BCUT2D eigenvalue weighted by Gasteiger charge is -2.15. The highest BCUT2D eigenvalue weighted by Crippen LogP contribution is 2.26. The summed E-state index contributed by atoms with van der Waals surface area (Å²) in [5, 5.41) is 10.9. The molecule has 2 rings (SSSR count). The van der Waals surface area contributed by atoms with Crippen molar-refractivity contribution in [1.29, 1.82) is 0 Å². The van der Waals surface area contributed by atoms with Gasteiger partial charge in [-0.15, -0.1) is 0 Å². The molecule has 0 aliphatic heterocycles. The molecule has 0 saturated heterocycles. The molecule has 1 atom stereocenters. The van der Waals surface area contributed by atoms with E-state index in [2.05, 4.69) is 10.9 Å². The number of hydrazine groups is 1. The number of para-hydroxylation sites is 2. The number of rotatable bonds is 5. The third-order valence-corrected chi connectivity index (χ3v) is 3.31. The average molecular weight is 343 g/mol. The summed E-state index contributed by atoms with van der Waals surface area (Å²) in [6, 6.07) is 12.6. The number of carbonyl (C=O) groups is 2. The van der Waals surface area contributed by atoms with Crippen molar-refractivity contribution in [2.75, 3.05) is 0 Å². The molecule has 2 amide bonds. The van der Waals surface area contributed by atoms with Crippen LogP contribution in [0.2, 0.25) is 0 Å². The van der Waals surface area contributed by atoms with Gasteiger partial charge < -0.3 is 4.74 Å². The Morgan fingerprint density at radius 2 is 1.84 bits per heavy atom. The molecule has 8 nitrogen and oxygen atoms in total. The van der Waals surface area contributed by atoms with E-state index in [0.29, 0.717) is 5.56 Å². The first-order chi connectivity index (χ1) is 11.9. The molecule has 0 spiro atoms. The van der Waals surface area contributed by atoms with Gasteiger partial charge in [0.25, 0.3) is 11.8 Å². The van der Waals surface area contributed by atoms with Gasteiger partial charge in [0.15, 0.2) is 11.9 Å². The number of hydrogen-bond acceptors (Lipinski definition) is 5. The standard InChI is InChI=1S/C17H17N3O5/c1-11-6-5-7-13(10-11)17(22)19-18-16(21)12(2)25-15-9-4-3-8-14(15)20(23)24/h3-10,12H,1-2H3,(H,18,21)(H,19,22). The van der Waals surface area contributed by atoms with Gasteiger partial charge >= 0.3 is 5.69 Å². The molecule has 0 fully saturated rings. The van der Waals surface area contributed by atoms with Gasteiger partial charge in [0.2, 0.25) is 0 Å². The molecule has 2 N–H and O–H groups in total. The molecule has 0 saturated carbocycles. The van der Waals surface area contributed by atoms with Gasteiger partial charge in [0, 0.05) is 11.6 Å². The van der Waals surface area contributed by atoms with Gasteiger partial charge in [-0.3, -0.25) is 30.6 Å². The van der Waals surface area contributed by atoms with E-state index in [1.807, 2.05) is 13.0 Å². The fraction of sp³-hybridized carbons (Fsp3) is 0.176. The van der Waals surface area contributed by atoms with E-state index >= 15 is 0 Å². The van der Waals surface area contributed by atoms with E-state index in [0.717, 1.165) is 5.56 Å². The topological polar surface area (TPSA) is 111 Å². The maximum atomic E-state index is 12.0. The van der Waals surface area contributed by atoms with Crippen molar-refractivity contribution < 1.29 is 19.2 Å². The summed E-state index contributed by atoms with van der Waals surface area (Å²) in [7, 11) is 0. The summed E-state index contributed by atoms with van der Waals surface area (Å²) in [6.45, 7) is 3.27. The largest absolute Gasteiger partial charge is 0.474 e. The van der Waals surface area contributed by atoms with Crippen LogP contribution < -0.4 is 15.6 Å². The Bertz CT molecular complexity index is 806. The molecule has 0 aliphatic rings. The third kappa shape index (κ3) is 4.77. The van der Waals surface area contributed by atoms with Crippen LogP contribution >= 0.6 is 0 Å². The van der Waals surface area contributed by atoms with E-state index in [4.69, 9.17) is 4.74 Å². The molecule has 0 heterocycles. The van der Waals surface area contributed by atoms with Crippen LogP contribution in [0.3, 0.4) is 0 Å². The third-order valence-electron chi connectivity index (χ3n) is 3.31. The Morgan fingerprint density at radius 1 is 1.12 bits per heavy atom. The maximum absolute atomic E-state index is 12.0. The van der Waals surface area contributed by atoms with Crippen molar-refractivity contribution in [3.05, 3.63) is 69.8 Å². The minimum absolute atomic E-state index is 0.0276. The normalized spacial score (nSPS) is 11.3. The highest BCUT2D eigenvalue weighted by atomic mass is 16.6. The number of ether oxygens (including phenoxy) is 1. The van der Waals surface area contributed by atoms with E-state index in [9.17, 15) is 19.7 Å². The zero-order valence-electron chi connectivity index (χ0n) is 13.7. The van der Waals surface area contributed by atoms with E-state index < -0.39 is 22.8 Å². The molecule has 0 bridgehead atoms. The second-order valence-electron chi connectivity index (χ2n) is 5.30. The Hall–Kier alpha value is -3.42. The quantitative estimate of drug-likeness (QED) is 0.638. The minimum atomic E-state index is -1.04. The molecular weight excluding hydrogens is 326 g/mol. The lowest BCUT2D eigenvalue weighted by Crippen LogP contribution is -2.47. The zero-order chi connectivity index (χ0) is 18.4. The van der Waals surface area contributed by atoms with Crippen molar-refractivity contribution in [2.24, 2.45) is 0 Å². The molecule has 130 valence electrons. The summed E-state index contributed by atoms with van der Waals surface area (Å²) in [4.78, 5) is 34.3. The number of benzene rings is 2. The van der Waals surface area contributed by atoms with Crippen molar-refractivity contribution in [3.63, 3.8) is 0 Å². The fourth-order valence-electron chi connectivity index (χ4n) is 2.03. The van der Waals surface area contributed by atoms with Gasteiger partial charge in [0.05, 0.1) is 4.92 Å². The van der Waals surface area contributed by atoms with Gasteiger partial charge in [-0.1, -0.05) is 29.8 Å². The molecule has 8 heteroatoms. The van der Waals surface area contributed by atoms with Crippen molar-refractivity contribution in [1.82, 2.24) is 10.9 Å². The molecule has 2 aromatic carbocycles. The van der Waals surface area contributed by atoms with Crippen molar-refractivity contribution >= 4 is 17.5 Å². The van der Waals surface area contributed by atoms with Crippen LogP contribution in [0.5, 0.6) is 5.75 Å². The van der Waals surface area contributed by atoms with Crippen LogP contribution in [0, 0.1) is 17.0 Å². The van der Waals surface area contributed by atoms with E-state index in [1.54, 1.807) is 24.3 Å². The maximum Gasteiger partial charge on any atom is 0.310 e. The number of amides is 2. The highest BCUT2D eigenvalue weighted by molar-refractivity contribution is 5.95. The van der Waals surface area contributed by atoms with Gasteiger partial charge in [-0.2, -0.15) is 0 Å². The first-order valence-corrected chi connectivity index (χ1v) is 7.45. The van der Waals surface area contributed by atoms with Crippen molar-refractivity contribution in [3.8, 4) is 5.75 Å². The number of aryl methyl sites for hydroxylation is 1. The lowest BCUT2D eigenvalue weighted by atomic mass is 10.1. The number of nitro groups is 1. The van der Waals surface area contributed by atoms with Crippen LogP contribution in [0.15, 0.2) is 48.5 Å². The monoisotopic (exact) mass is 343 g/mol. The number of nitro benzene ring substituents is 1. The van der Waals surface area contributed by atoms with Crippen LogP contribution in [0.4, 0.5) is 5.69 Å². The second kappa shape index (κ2) is 7.91.